The number of hydrogen-bond acceptors (Lipinski definition) is 3. The van der Waals surface area contributed by atoms with Crippen LogP contribution in [0, 0.1) is 36.0 Å². The zero-order valence-electron chi connectivity index (χ0n) is 19.1. The number of esters is 1. The van der Waals surface area contributed by atoms with Gasteiger partial charge in [-0.25, -0.2) is 0 Å². The van der Waals surface area contributed by atoms with Gasteiger partial charge in [0.15, 0.2) is 0 Å². The number of carbonyl (C=O) groups is 1. The second kappa shape index (κ2) is 12.5. The third kappa shape index (κ3) is 9.92. The predicted octanol–water partition coefficient (Wildman–Crippen LogP) is 5.93. The quantitative estimate of drug-likeness (QED) is 0.304. The Kier molecular flexibility index (Phi) is 9.73. The maximum absolute atomic E-state index is 11.7. The van der Waals surface area contributed by atoms with Crippen LogP contribution in [0.2, 0.25) is 0 Å². The highest BCUT2D eigenvalue weighted by Gasteiger charge is 2.22. The summed E-state index contributed by atoms with van der Waals surface area (Å²) >= 11 is 0. The summed E-state index contributed by atoms with van der Waals surface area (Å²) in [6.45, 7) is 8.83. The molecular weight excluding hydrogens is 384 g/mol. The number of benzene rings is 2. The smallest absolute Gasteiger partial charge is 0.311 e. The highest BCUT2D eigenvalue weighted by atomic mass is 16.5. The summed E-state index contributed by atoms with van der Waals surface area (Å²) in [6.07, 6.45) is 3.95. The molecule has 0 N–H and O–H groups in total. The van der Waals surface area contributed by atoms with Crippen LogP contribution in [0.5, 0.6) is 5.75 Å². The molecule has 0 aliphatic carbocycles. The van der Waals surface area contributed by atoms with Gasteiger partial charge >= 0.3 is 5.97 Å². The average Bonchev–Trinajstić information content (AvgIpc) is 2.74. The van der Waals surface area contributed by atoms with E-state index in [9.17, 15) is 4.79 Å². The first-order chi connectivity index (χ1) is 14.8. The Bertz CT molecular complexity index is 940. The van der Waals surface area contributed by atoms with Gasteiger partial charge in [0.1, 0.15) is 5.75 Å². The minimum absolute atomic E-state index is 0.137. The van der Waals surface area contributed by atoms with Crippen LogP contribution in [-0.4, -0.2) is 19.2 Å². The van der Waals surface area contributed by atoms with Crippen LogP contribution in [0.1, 0.15) is 63.1 Å². The average molecular weight is 417 g/mol. The molecule has 31 heavy (non-hydrogen) atoms. The lowest BCUT2D eigenvalue weighted by atomic mass is 9.97. The van der Waals surface area contributed by atoms with Crippen LogP contribution in [0.4, 0.5) is 0 Å². The van der Waals surface area contributed by atoms with Crippen LogP contribution < -0.4 is 4.74 Å². The van der Waals surface area contributed by atoms with Crippen molar-refractivity contribution >= 4 is 5.97 Å². The van der Waals surface area contributed by atoms with Crippen molar-refractivity contribution in [3.8, 4) is 29.4 Å². The van der Waals surface area contributed by atoms with Gasteiger partial charge in [-0.3, -0.25) is 4.79 Å². The summed E-state index contributed by atoms with van der Waals surface area (Å²) in [5, 5.41) is 0. The van der Waals surface area contributed by atoms with E-state index in [0.29, 0.717) is 13.2 Å². The fourth-order valence-electron chi connectivity index (χ4n) is 2.61. The molecule has 0 atom stereocenters. The van der Waals surface area contributed by atoms with E-state index in [4.69, 9.17) is 9.47 Å². The van der Waals surface area contributed by atoms with Gasteiger partial charge in [-0.1, -0.05) is 29.5 Å². The minimum atomic E-state index is -0.427. The molecule has 162 valence electrons. The Balaban J connectivity index is 1.62. The Labute approximate surface area is 187 Å². The lowest BCUT2D eigenvalue weighted by Gasteiger charge is -2.16. The first-order valence-corrected chi connectivity index (χ1v) is 10.8. The molecule has 2 aromatic rings. The Morgan fingerprint density at radius 3 is 1.84 bits per heavy atom. The largest absolute Gasteiger partial charge is 0.494 e. The standard InChI is InChI=1S/C28H32O3/c1-23-13-15-24(16-14-23)11-7-8-12-25-17-19-26(20-18-25)30-21-9-5-6-10-22-31-27(29)28(2,3)4/h13-20H,5-6,9-10,21-22H2,1-4H3. The highest BCUT2D eigenvalue weighted by Crippen LogP contribution is 2.16. The van der Waals surface area contributed by atoms with Crippen LogP contribution in [0.3, 0.4) is 0 Å². The molecule has 3 nitrogen and oxygen atoms in total. The Morgan fingerprint density at radius 1 is 0.774 bits per heavy atom. The van der Waals surface area contributed by atoms with Gasteiger partial charge in [0, 0.05) is 11.1 Å². The molecule has 0 aliphatic heterocycles. The molecule has 0 saturated heterocycles. The summed E-state index contributed by atoms with van der Waals surface area (Å²) in [4.78, 5) is 11.7. The van der Waals surface area contributed by atoms with Crippen LogP contribution in [0.15, 0.2) is 48.5 Å². The molecule has 0 amide bonds. The van der Waals surface area contributed by atoms with Gasteiger partial charge in [0.25, 0.3) is 0 Å². The van der Waals surface area contributed by atoms with Gasteiger partial charge in [-0.2, -0.15) is 0 Å². The van der Waals surface area contributed by atoms with Crippen molar-refractivity contribution in [2.75, 3.05) is 13.2 Å². The van der Waals surface area contributed by atoms with Gasteiger partial charge in [0.05, 0.1) is 18.6 Å². The normalized spacial score (nSPS) is 10.3. The maximum Gasteiger partial charge on any atom is 0.311 e. The Hall–Kier alpha value is -3.17. The van der Waals surface area contributed by atoms with E-state index in [1.807, 2.05) is 69.3 Å². The van der Waals surface area contributed by atoms with Gasteiger partial charge in [-0.15, -0.1) is 0 Å². The molecule has 0 radical (unpaired) electrons. The molecule has 0 unspecified atom stereocenters. The molecule has 0 spiro atoms. The highest BCUT2D eigenvalue weighted by molar-refractivity contribution is 5.75. The van der Waals surface area contributed by atoms with Crippen molar-refractivity contribution in [3.63, 3.8) is 0 Å². The monoisotopic (exact) mass is 416 g/mol. The third-order valence-corrected chi connectivity index (χ3v) is 4.53. The van der Waals surface area contributed by atoms with Gasteiger partial charge in [-0.05, 0) is 102 Å². The second-order valence-corrected chi connectivity index (χ2v) is 8.54. The lowest BCUT2D eigenvalue weighted by molar-refractivity contribution is -0.153. The Morgan fingerprint density at radius 2 is 1.29 bits per heavy atom. The fourth-order valence-corrected chi connectivity index (χ4v) is 2.61. The lowest BCUT2D eigenvalue weighted by Crippen LogP contribution is -2.23. The maximum atomic E-state index is 11.7. The number of carbonyl (C=O) groups excluding carboxylic acids is 1. The molecule has 0 bridgehead atoms. The van der Waals surface area contributed by atoms with Crippen molar-refractivity contribution in [2.45, 2.75) is 53.4 Å². The topological polar surface area (TPSA) is 35.5 Å². The zero-order valence-corrected chi connectivity index (χ0v) is 19.1. The number of rotatable bonds is 8. The number of unbranched alkanes of at least 4 members (excludes halogenated alkanes) is 3. The first kappa shape index (κ1) is 24.1. The molecule has 3 heteroatoms. The molecular formula is C28H32O3. The summed E-state index contributed by atoms with van der Waals surface area (Å²) < 4.78 is 11.0. The third-order valence-electron chi connectivity index (χ3n) is 4.53. The van der Waals surface area contributed by atoms with Crippen LogP contribution >= 0.6 is 0 Å². The van der Waals surface area contributed by atoms with E-state index in [1.54, 1.807) is 0 Å². The summed E-state index contributed by atoms with van der Waals surface area (Å²) in [5.74, 6) is 12.6. The van der Waals surface area contributed by atoms with E-state index in [-0.39, 0.29) is 5.97 Å². The number of hydrogen-bond donors (Lipinski definition) is 0. The molecule has 0 heterocycles. The first-order valence-electron chi connectivity index (χ1n) is 10.8. The van der Waals surface area contributed by atoms with Crippen molar-refractivity contribution < 1.29 is 14.3 Å². The van der Waals surface area contributed by atoms with Crippen LogP contribution in [-0.2, 0) is 9.53 Å². The predicted molar refractivity (Wildman–Crippen MR) is 126 cm³/mol. The molecule has 2 rings (SSSR count). The summed E-state index contributed by atoms with van der Waals surface area (Å²) in [7, 11) is 0. The van der Waals surface area contributed by atoms with E-state index in [2.05, 4.69) is 30.6 Å². The van der Waals surface area contributed by atoms with E-state index in [1.165, 1.54) is 5.56 Å². The van der Waals surface area contributed by atoms with Crippen molar-refractivity contribution in [1.82, 2.24) is 0 Å². The van der Waals surface area contributed by atoms with Crippen molar-refractivity contribution in [1.29, 1.82) is 0 Å². The van der Waals surface area contributed by atoms with E-state index < -0.39 is 5.41 Å². The second-order valence-electron chi connectivity index (χ2n) is 8.54. The number of ether oxygens (including phenoxy) is 2. The zero-order chi connectivity index (χ0) is 22.5. The fraction of sp³-hybridized carbons (Fsp3) is 0.393. The van der Waals surface area contributed by atoms with Crippen molar-refractivity contribution in [2.24, 2.45) is 5.41 Å². The summed E-state index contributed by atoms with van der Waals surface area (Å²) in [6, 6.07) is 15.8. The summed E-state index contributed by atoms with van der Waals surface area (Å²) in [5.41, 5.74) is 2.67. The van der Waals surface area contributed by atoms with Crippen molar-refractivity contribution in [3.05, 3.63) is 65.2 Å². The molecule has 0 aromatic heterocycles. The van der Waals surface area contributed by atoms with E-state index in [0.717, 1.165) is 42.6 Å². The molecule has 0 saturated carbocycles. The minimum Gasteiger partial charge on any atom is -0.494 e. The SMILES string of the molecule is Cc1ccc(C#CC#Cc2ccc(OCCCCCCOC(=O)C(C)(C)C)cc2)cc1. The molecule has 0 fully saturated rings. The number of aryl methyl sites for hydroxylation is 1. The van der Waals surface area contributed by atoms with E-state index >= 15 is 0 Å². The molecule has 2 aromatic carbocycles. The van der Waals surface area contributed by atoms with Gasteiger partial charge < -0.3 is 9.47 Å². The molecule has 0 aliphatic rings. The van der Waals surface area contributed by atoms with Crippen LogP contribution in [0.25, 0.3) is 0 Å². The van der Waals surface area contributed by atoms with Gasteiger partial charge in [0.2, 0.25) is 0 Å².